The molecule has 0 fully saturated rings. The van der Waals surface area contributed by atoms with Gasteiger partial charge in [0, 0.05) is 6.07 Å². The van der Waals surface area contributed by atoms with Crippen LogP contribution in [0.2, 0.25) is 0 Å². The van der Waals surface area contributed by atoms with Crippen molar-refractivity contribution < 1.29 is 24.1 Å². The van der Waals surface area contributed by atoms with Gasteiger partial charge in [0.15, 0.2) is 11.5 Å². The molecule has 0 aromatic heterocycles. The molecule has 1 N–H and O–H groups in total. The van der Waals surface area contributed by atoms with Crippen molar-refractivity contribution in [1.29, 1.82) is 0 Å². The average Bonchev–Trinajstić information content (AvgIpc) is 2.58. The van der Waals surface area contributed by atoms with E-state index in [-0.39, 0.29) is 5.75 Å². The molecule has 0 radical (unpaired) electrons. The van der Waals surface area contributed by atoms with E-state index in [2.05, 4.69) is 0 Å². The van der Waals surface area contributed by atoms with Gasteiger partial charge >= 0.3 is 0 Å². The van der Waals surface area contributed by atoms with Gasteiger partial charge in [-0.15, -0.1) is 0 Å². The first kappa shape index (κ1) is 16.8. The van der Waals surface area contributed by atoms with E-state index >= 15 is 0 Å². The number of hydrogen-bond donors (Lipinski definition) is 1. The molecule has 0 heterocycles. The molecular weight excluding hydrogens is 296 g/mol. The molecule has 0 atom stereocenters. The molecule has 0 unspecified atom stereocenters. The Morgan fingerprint density at radius 1 is 0.696 bits per heavy atom. The van der Waals surface area contributed by atoms with E-state index in [4.69, 9.17) is 18.9 Å². The molecular formula is C18H22O5. The largest absolute Gasteiger partial charge is 0.508 e. The number of benzene rings is 2. The Balaban J connectivity index is 2.22. The van der Waals surface area contributed by atoms with Crippen LogP contribution in [0.1, 0.15) is 11.1 Å². The van der Waals surface area contributed by atoms with Gasteiger partial charge in [-0.2, -0.15) is 0 Å². The van der Waals surface area contributed by atoms with Crippen molar-refractivity contribution in [2.45, 2.75) is 12.8 Å². The first-order chi connectivity index (χ1) is 11.1. The number of phenolic OH excluding ortho intramolecular Hbond substituents is 1. The minimum absolute atomic E-state index is 0.198. The van der Waals surface area contributed by atoms with Gasteiger partial charge in [0.25, 0.3) is 0 Å². The smallest absolute Gasteiger partial charge is 0.203 e. The molecule has 0 aliphatic carbocycles. The van der Waals surface area contributed by atoms with Crippen LogP contribution in [0.3, 0.4) is 0 Å². The Kier molecular flexibility index (Phi) is 5.57. The Bertz CT molecular complexity index is 641. The highest BCUT2D eigenvalue weighted by molar-refractivity contribution is 5.54. The molecule has 124 valence electrons. The molecule has 5 nitrogen and oxygen atoms in total. The normalized spacial score (nSPS) is 10.3. The maximum absolute atomic E-state index is 9.72. The van der Waals surface area contributed by atoms with Crippen LogP contribution in [-0.2, 0) is 12.8 Å². The minimum atomic E-state index is 0.198. The Morgan fingerprint density at radius 2 is 1.26 bits per heavy atom. The van der Waals surface area contributed by atoms with Gasteiger partial charge in [0.05, 0.1) is 28.4 Å². The van der Waals surface area contributed by atoms with Gasteiger partial charge in [-0.3, -0.25) is 0 Å². The summed E-state index contributed by atoms with van der Waals surface area (Å²) in [6.07, 6.45) is 1.52. The third kappa shape index (κ3) is 4.00. The molecule has 2 aromatic carbocycles. The van der Waals surface area contributed by atoms with Crippen molar-refractivity contribution in [3.05, 3.63) is 41.5 Å². The van der Waals surface area contributed by atoms with Crippen molar-refractivity contribution in [3.63, 3.8) is 0 Å². The lowest BCUT2D eigenvalue weighted by Crippen LogP contribution is -1.98. The summed E-state index contributed by atoms with van der Waals surface area (Å²) in [6.45, 7) is 0. The predicted octanol–water partition coefficient (Wildman–Crippen LogP) is 3.21. The standard InChI is InChI=1S/C18H22O5/c1-20-15-8-12(7-14(19)11-15)5-6-13-9-16(21-2)18(23-4)17(10-13)22-3/h7-11,19H,5-6H2,1-4H3. The summed E-state index contributed by atoms with van der Waals surface area (Å²) in [4.78, 5) is 0. The van der Waals surface area contributed by atoms with Crippen LogP contribution in [0.4, 0.5) is 0 Å². The molecule has 0 amide bonds. The number of ether oxygens (including phenoxy) is 4. The minimum Gasteiger partial charge on any atom is -0.508 e. The van der Waals surface area contributed by atoms with Gasteiger partial charge < -0.3 is 24.1 Å². The first-order valence-corrected chi connectivity index (χ1v) is 7.27. The summed E-state index contributed by atoms with van der Waals surface area (Å²) in [5.41, 5.74) is 2.05. The average molecular weight is 318 g/mol. The number of aryl methyl sites for hydroxylation is 2. The number of rotatable bonds is 7. The Hall–Kier alpha value is -2.56. The van der Waals surface area contributed by atoms with Crippen LogP contribution in [0.15, 0.2) is 30.3 Å². The number of methoxy groups -OCH3 is 4. The zero-order valence-electron chi connectivity index (χ0n) is 13.9. The van der Waals surface area contributed by atoms with E-state index in [1.165, 1.54) is 0 Å². The number of phenols is 1. The monoisotopic (exact) mass is 318 g/mol. The number of hydrogen-bond acceptors (Lipinski definition) is 5. The zero-order chi connectivity index (χ0) is 16.8. The Morgan fingerprint density at radius 3 is 1.74 bits per heavy atom. The molecule has 5 heteroatoms. The predicted molar refractivity (Wildman–Crippen MR) is 88.2 cm³/mol. The van der Waals surface area contributed by atoms with Gasteiger partial charge in [0.2, 0.25) is 5.75 Å². The van der Waals surface area contributed by atoms with Crippen LogP contribution < -0.4 is 18.9 Å². The zero-order valence-corrected chi connectivity index (χ0v) is 13.9. The summed E-state index contributed by atoms with van der Waals surface area (Å²) in [5, 5.41) is 9.72. The highest BCUT2D eigenvalue weighted by Crippen LogP contribution is 2.38. The van der Waals surface area contributed by atoms with E-state index in [9.17, 15) is 5.11 Å². The van der Waals surface area contributed by atoms with Crippen LogP contribution in [-0.4, -0.2) is 33.5 Å². The fourth-order valence-corrected chi connectivity index (χ4v) is 2.47. The topological polar surface area (TPSA) is 57.2 Å². The molecule has 0 saturated carbocycles. The first-order valence-electron chi connectivity index (χ1n) is 7.27. The lowest BCUT2D eigenvalue weighted by Gasteiger charge is -2.14. The van der Waals surface area contributed by atoms with E-state index < -0.39 is 0 Å². The number of aromatic hydroxyl groups is 1. The third-order valence-corrected chi connectivity index (χ3v) is 3.61. The lowest BCUT2D eigenvalue weighted by atomic mass is 10.0. The van der Waals surface area contributed by atoms with Gasteiger partial charge in [-0.25, -0.2) is 0 Å². The van der Waals surface area contributed by atoms with Crippen LogP contribution in [0.5, 0.6) is 28.7 Å². The molecule has 2 rings (SSSR count). The second kappa shape index (κ2) is 7.63. The molecule has 2 aromatic rings. The van der Waals surface area contributed by atoms with Crippen LogP contribution in [0, 0.1) is 0 Å². The highest BCUT2D eigenvalue weighted by atomic mass is 16.5. The highest BCUT2D eigenvalue weighted by Gasteiger charge is 2.13. The molecule has 23 heavy (non-hydrogen) atoms. The van der Waals surface area contributed by atoms with Gasteiger partial charge in [-0.05, 0) is 48.2 Å². The van der Waals surface area contributed by atoms with Crippen molar-refractivity contribution in [2.24, 2.45) is 0 Å². The maximum Gasteiger partial charge on any atom is 0.203 e. The third-order valence-electron chi connectivity index (χ3n) is 3.61. The van der Waals surface area contributed by atoms with E-state index in [1.807, 2.05) is 18.2 Å². The SMILES string of the molecule is COc1cc(O)cc(CCc2cc(OC)c(OC)c(OC)c2)c1. The van der Waals surface area contributed by atoms with Crippen molar-refractivity contribution in [3.8, 4) is 28.7 Å². The van der Waals surface area contributed by atoms with Crippen LogP contribution >= 0.6 is 0 Å². The molecule has 0 aliphatic rings. The second-order valence-electron chi connectivity index (χ2n) is 5.07. The summed E-state index contributed by atoms with van der Waals surface area (Å²) >= 11 is 0. The van der Waals surface area contributed by atoms with E-state index in [0.717, 1.165) is 24.0 Å². The summed E-state index contributed by atoms with van der Waals surface area (Å²) in [6, 6.07) is 9.10. The van der Waals surface area contributed by atoms with Gasteiger partial charge in [0.1, 0.15) is 11.5 Å². The summed E-state index contributed by atoms with van der Waals surface area (Å²) in [7, 11) is 6.36. The van der Waals surface area contributed by atoms with Crippen molar-refractivity contribution >= 4 is 0 Å². The second-order valence-corrected chi connectivity index (χ2v) is 5.07. The Labute approximate surface area is 136 Å². The molecule has 0 aliphatic heterocycles. The lowest BCUT2D eigenvalue weighted by molar-refractivity contribution is 0.324. The molecule has 0 spiro atoms. The summed E-state index contributed by atoms with van der Waals surface area (Å²) < 4.78 is 21.2. The fraction of sp³-hybridized carbons (Fsp3) is 0.333. The van der Waals surface area contributed by atoms with Crippen molar-refractivity contribution in [2.75, 3.05) is 28.4 Å². The molecule has 0 bridgehead atoms. The molecule has 0 saturated heterocycles. The van der Waals surface area contributed by atoms with Crippen molar-refractivity contribution in [1.82, 2.24) is 0 Å². The van der Waals surface area contributed by atoms with E-state index in [0.29, 0.717) is 23.0 Å². The maximum atomic E-state index is 9.72. The van der Waals surface area contributed by atoms with Crippen LogP contribution in [0.25, 0.3) is 0 Å². The quantitative estimate of drug-likeness (QED) is 0.849. The van der Waals surface area contributed by atoms with E-state index in [1.54, 1.807) is 40.6 Å². The fourth-order valence-electron chi connectivity index (χ4n) is 2.47. The van der Waals surface area contributed by atoms with Gasteiger partial charge in [-0.1, -0.05) is 0 Å². The summed E-state index contributed by atoms with van der Waals surface area (Å²) in [5.74, 6) is 2.69.